The molecule has 0 aliphatic heterocycles. The Balaban J connectivity index is 1.44. The van der Waals surface area contributed by atoms with Crippen molar-refractivity contribution in [2.45, 2.75) is 6.54 Å². The molecule has 3 aromatic rings. The first-order valence-corrected chi connectivity index (χ1v) is 9.06. The Morgan fingerprint density at radius 2 is 1.87 bits per heavy atom. The molecule has 1 heterocycles. The molecule has 3 rings (SSSR count). The molecule has 1 aromatic heterocycles. The van der Waals surface area contributed by atoms with E-state index in [2.05, 4.69) is 10.6 Å². The standard InChI is InChI=1S/C22H20N2O6/c1-28-18-8-7-16-11-15(4-6-17(16)12-18)5-9-21(26)30-14-20(25)24-22(27)23-13-19-3-2-10-29-19/h2-12H,13-14H2,1H3,(H2,23,24,25,27)/b9-5+. The molecule has 2 aromatic carbocycles. The fourth-order valence-electron chi connectivity index (χ4n) is 2.61. The van der Waals surface area contributed by atoms with Gasteiger partial charge in [-0.15, -0.1) is 0 Å². The van der Waals surface area contributed by atoms with Crippen molar-refractivity contribution in [3.05, 3.63) is 72.2 Å². The van der Waals surface area contributed by atoms with Gasteiger partial charge in [0.1, 0.15) is 11.5 Å². The summed E-state index contributed by atoms with van der Waals surface area (Å²) in [6, 6.07) is 14.0. The van der Waals surface area contributed by atoms with Gasteiger partial charge in [-0.3, -0.25) is 10.1 Å². The molecule has 0 saturated carbocycles. The van der Waals surface area contributed by atoms with Gasteiger partial charge in [0, 0.05) is 6.08 Å². The first-order valence-electron chi connectivity index (χ1n) is 9.06. The largest absolute Gasteiger partial charge is 0.497 e. The predicted molar refractivity (Wildman–Crippen MR) is 110 cm³/mol. The molecule has 0 aliphatic carbocycles. The van der Waals surface area contributed by atoms with Crippen molar-refractivity contribution in [3.63, 3.8) is 0 Å². The van der Waals surface area contributed by atoms with Crippen LogP contribution in [0, 0.1) is 0 Å². The quantitative estimate of drug-likeness (QED) is 0.460. The van der Waals surface area contributed by atoms with Gasteiger partial charge in [-0.2, -0.15) is 0 Å². The zero-order valence-electron chi connectivity index (χ0n) is 16.2. The minimum atomic E-state index is -0.742. The van der Waals surface area contributed by atoms with Gasteiger partial charge < -0.3 is 19.2 Å². The predicted octanol–water partition coefficient (Wildman–Crippen LogP) is 3.02. The van der Waals surface area contributed by atoms with Crippen molar-refractivity contribution >= 4 is 34.8 Å². The normalized spacial score (nSPS) is 10.7. The third kappa shape index (κ3) is 5.96. The fourth-order valence-corrected chi connectivity index (χ4v) is 2.61. The summed E-state index contributed by atoms with van der Waals surface area (Å²) in [6.45, 7) is -0.442. The van der Waals surface area contributed by atoms with Gasteiger partial charge in [-0.1, -0.05) is 18.2 Å². The van der Waals surface area contributed by atoms with Gasteiger partial charge in [0.15, 0.2) is 6.61 Å². The van der Waals surface area contributed by atoms with E-state index in [9.17, 15) is 14.4 Å². The summed E-state index contributed by atoms with van der Waals surface area (Å²) in [4.78, 5) is 35.1. The highest BCUT2D eigenvalue weighted by atomic mass is 16.5. The first kappa shape index (κ1) is 20.7. The molecule has 30 heavy (non-hydrogen) atoms. The monoisotopic (exact) mass is 408 g/mol. The molecular formula is C22H20N2O6. The summed E-state index contributed by atoms with van der Waals surface area (Å²) >= 11 is 0. The summed E-state index contributed by atoms with van der Waals surface area (Å²) in [5.74, 6) is -0.131. The number of fused-ring (bicyclic) bond motifs is 1. The maximum Gasteiger partial charge on any atom is 0.331 e. The fraction of sp³-hybridized carbons (Fsp3) is 0.136. The molecule has 8 nitrogen and oxygen atoms in total. The minimum absolute atomic E-state index is 0.132. The molecule has 0 unspecified atom stereocenters. The Bertz CT molecular complexity index is 1070. The molecule has 8 heteroatoms. The Hall–Kier alpha value is -4.07. The number of furan rings is 1. The van der Waals surface area contributed by atoms with Crippen LogP contribution >= 0.6 is 0 Å². The summed E-state index contributed by atoms with van der Waals surface area (Å²) < 4.78 is 15.1. The molecule has 0 bridgehead atoms. The van der Waals surface area contributed by atoms with E-state index in [-0.39, 0.29) is 6.54 Å². The van der Waals surface area contributed by atoms with E-state index >= 15 is 0 Å². The number of rotatable bonds is 7. The molecule has 0 saturated heterocycles. The van der Waals surface area contributed by atoms with Crippen LogP contribution in [-0.2, 0) is 20.9 Å². The van der Waals surface area contributed by atoms with Gasteiger partial charge in [-0.25, -0.2) is 9.59 Å². The van der Waals surface area contributed by atoms with E-state index in [4.69, 9.17) is 13.9 Å². The number of carbonyl (C=O) groups excluding carboxylic acids is 3. The van der Waals surface area contributed by atoms with Crippen LogP contribution in [-0.4, -0.2) is 31.6 Å². The molecule has 0 radical (unpaired) electrons. The highest BCUT2D eigenvalue weighted by molar-refractivity contribution is 5.96. The smallest absolute Gasteiger partial charge is 0.331 e. The second-order valence-corrected chi connectivity index (χ2v) is 6.22. The molecule has 0 spiro atoms. The maximum absolute atomic E-state index is 11.8. The lowest BCUT2D eigenvalue weighted by Gasteiger charge is -2.05. The number of ether oxygens (including phenoxy) is 2. The second-order valence-electron chi connectivity index (χ2n) is 6.22. The molecular weight excluding hydrogens is 388 g/mol. The van der Waals surface area contributed by atoms with Crippen LogP contribution in [0.2, 0.25) is 0 Å². The van der Waals surface area contributed by atoms with Crippen LogP contribution in [0.25, 0.3) is 16.8 Å². The summed E-state index contributed by atoms with van der Waals surface area (Å²) in [5.41, 5.74) is 0.798. The molecule has 0 fully saturated rings. The second kappa shape index (κ2) is 9.92. The summed E-state index contributed by atoms with van der Waals surface area (Å²) in [7, 11) is 1.61. The molecule has 0 aliphatic rings. The minimum Gasteiger partial charge on any atom is -0.497 e. The molecule has 154 valence electrons. The van der Waals surface area contributed by atoms with Crippen LogP contribution in [0.1, 0.15) is 11.3 Å². The topological polar surface area (TPSA) is 107 Å². The lowest BCUT2D eigenvalue weighted by atomic mass is 10.1. The van der Waals surface area contributed by atoms with E-state index in [1.807, 2.05) is 36.4 Å². The number of hydrogen-bond acceptors (Lipinski definition) is 6. The maximum atomic E-state index is 11.8. The lowest BCUT2D eigenvalue weighted by molar-refractivity contribution is -0.143. The number of benzene rings is 2. The van der Waals surface area contributed by atoms with Crippen molar-refractivity contribution in [2.24, 2.45) is 0 Å². The third-order valence-corrected chi connectivity index (χ3v) is 4.09. The highest BCUT2D eigenvalue weighted by Gasteiger charge is 2.10. The van der Waals surface area contributed by atoms with Crippen LogP contribution < -0.4 is 15.4 Å². The number of methoxy groups -OCH3 is 1. The zero-order chi connectivity index (χ0) is 21.3. The SMILES string of the molecule is COc1ccc2cc(/C=C/C(=O)OCC(=O)NC(=O)NCc3ccco3)ccc2c1. The number of esters is 1. The average Bonchev–Trinajstić information content (AvgIpc) is 3.28. The highest BCUT2D eigenvalue weighted by Crippen LogP contribution is 2.22. The van der Waals surface area contributed by atoms with Crippen LogP contribution in [0.5, 0.6) is 5.75 Å². The van der Waals surface area contributed by atoms with E-state index in [1.54, 1.807) is 25.3 Å². The van der Waals surface area contributed by atoms with E-state index < -0.39 is 24.5 Å². The van der Waals surface area contributed by atoms with Crippen molar-refractivity contribution < 1.29 is 28.3 Å². The summed E-state index contributed by atoms with van der Waals surface area (Å²) in [6.07, 6.45) is 4.27. The van der Waals surface area contributed by atoms with E-state index in [0.29, 0.717) is 5.76 Å². The lowest BCUT2D eigenvalue weighted by Crippen LogP contribution is -2.41. The van der Waals surface area contributed by atoms with Gasteiger partial charge in [0.05, 0.1) is 19.9 Å². The average molecular weight is 408 g/mol. The number of amides is 3. The number of hydrogen-bond donors (Lipinski definition) is 2. The van der Waals surface area contributed by atoms with Crippen molar-refractivity contribution in [1.29, 1.82) is 0 Å². The van der Waals surface area contributed by atoms with Crippen LogP contribution in [0.15, 0.2) is 65.3 Å². The Labute approximate surface area is 172 Å². The number of carbonyl (C=O) groups is 3. The molecule has 2 N–H and O–H groups in total. The number of imide groups is 1. The van der Waals surface area contributed by atoms with E-state index in [0.717, 1.165) is 22.1 Å². The van der Waals surface area contributed by atoms with Gasteiger partial charge in [0.2, 0.25) is 0 Å². The third-order valence-electron chi connectivity index (χ3n) is 4.09. The first-order chi connectivity index (χ1) is 14.5. The summed E-state index contributed by atoms with van der Waals surface area (Å²) in [5, 5.41) is 6.51. The van der Waals surface area contributed by atoms with Crippen molar-refractivity contribution in [2.75, 3.05) is 13.7 Å². The van der Waals surface area contributed by atoms with Gasteiger partial charge in [0.25, 0.3) is 5.91 Å². The molecule has 3 amide bonds. The van der Waals surface area contributed by atoms with Gasteiger partial charge in [-0.05, 0) is 52.7 Å². The van der Waals surface area contributed by atoms with E-state index in [1.165, 1.54) is 12.3 Å². The molecule has 0 atom stereocenters. The van der Waals surface area contributed by atoms with Crippen LogP contribution in [0.3, 0.4) is 0 Å². The van der Waals surface area contributed by atoms with Crippen LogP contribution in [0.4, 0.5) is 4.79 Å². The number of nitrogens with one attached hydrogen (secondary N) is 2. The Morgan fingerprint density at radius 3 is 2.63 bits per heavy atom. The van der Waals surface area contributed by atoms with Gasteiger partial charge >= 0.3 is 12.0 Å². The zero-order valence-corrected chi connectivity index (χ0v) is 16.2. The van der Waals surface area contributed by atoms with Crippen molar-refractivity contribution in [3.8, 4) is 5.75 Å². The van der Waals surface area contributed by atoms with Crippen molar-refractivity contribution in [1.82, 2.24) is 10.6 Å². The Morgan fingerprint density at radius 1 is 1.07 bits per heavy atom. The number of urea groups is 1. The Kier molecular flexibility index (Phi) is 6.83.